The van der Waals surface area contributed by atoms with Gasteiger partial charge in [0.15, 0.2) is 11.2 Å². The van der Waals surface area contributed by atoms with E-state index >= 15 is 0 Å². The SMILES string of the molecule is Cc1cc(Oc2ncccn2)ccc1NC(=O)CCCn1cnc2c1c(=O)n(C)c(=O)n2C. The van der Waals surface area contributed by atoms with Gasteiger partial charge in [-0.3, -0.25) is 18.7 Å². The maximum Gasteiger partial charge on any atom is 0.332 e. The van der Waals surface area contributed by atoms with Gasteiger partial charge in [0, 0.05) is 45.1 Å². The second-order valence-electron chi connectivity index (χ2n) is 7.58. The molecule has 0 aliphatic rings. The van der Waals surface area contributed by atoms with Gasteiger partial charge in [-0.1, -0.05) is 0 Å². The van der Waals surface area contributed by atoms with Crippen molar-refractivity contribution in [3.8, 4) is 11.8 Å². The molecule has 1 amide bonds. The molecule has 0 unspecified atom stereocenters. The molecule has 0 radical (unpaired) electrons. The molecule has 11 heteroatoms. The van der Waals surface area contributed by atoms with Crippen molar-refractivity contribution in [2.45, 2.75) is 26.3 Å². The van der Waals surface area contributed by atoms with Crippen molar-refractivity contribution >= 4 is 22.8 Å². The molecule has 0 fully saturated rings. The Kier molecular flexibility index (Phi) is 6.03. The molecule has 1 aromatic carbocycles. The maximum absolute atomic E-state index is 12.5. The number of hydrogen-bond donors (Lipinski definition) is 1. The fourth-order valence-corrected chi connectivity index (χ4v) is 3.47. The Bertz CT molecular complexity index is 1440. The molecule has 0 saturated heterocycles. The average molecular weight is 449 g/mol. The van der Waals surface area contributed by atoms with Crippen LogP contribution in [0.4, 0.5) is 5.69 Å². The predicted octanol–water partition coefficient (Wildman–Crippen LogP) is 1.74. The van der Waals surface area contributed by atoms with Crippen molar-refractivity contribution < 1.29 is 9.53 Å². The number of aromatic nitrogens is 6. The van der Waals surface area contributed by atoms with Crippen LogP contribution in [0.5, 0.6) is 11.8 Å². The van der Waals surface area contributed by atoms with E-state index in [9.17, 15) is 14.4 Å². The number of amides is 1. The van der Waals surface area contributed by atoms with Crippen LogP contribution in [-0.2, 0) is 25.4 Å². The first-order valence-electron chi connectivity index (χ1n) is 10.3. The van der Waals surface area contributed by atoms with Crippen molar-refractivity contribution in [2.75, 3.05) is 5.32 Å². The minimum atomic E-state index is -0.430. The number of carbonyl (C=O) groups excluding carboxylic acids is 1. The number of fused-ring (bicyclic) bond motifs is 1. The number of anilines is 1. The fraction of sp³-hybridized carbons (Fsp3) is 0.273. The van der Waals surface area contributed by atoms with Crippen molar-refractivity contribution in [1.82, 2.24) is 28.7 Å². The van der Waals surface area contributed by atoms with E-state index < -0.39 is 11.2 Å². The minimum Gasteiger partial charge on any atom is -0.424 e. The zero-order chi connectivity index (χ0) is 23.5. The van der Waals surface area contributed by atoms with Gasteiger partial charge in [-0.15, -0.1) is 0 Å². The topological polar surface area (TPSA) is 126 Å². The summed E-state index contributed by atoms with van der Waals surface area (Å²) in [6.45, 7) is 2.28. The summed E-state index contributed by atoms with van der Waals surface area (Å²) in [5.74, 6) is 0.419. The Balaban J connectivity index is 1.37. The molecule has 170 valence electrons. The molecular weight excluding hydrogens is 426 g/mol. The van der Waals surface area contributed by atoms with E-state index in [1.807, 2.05) is 6.92 Å². The zero-order valence-electron chi connectivity index (χ0n) is 18.5. The number of benzene rings is 1. The fourth-order valence-electron chi connectivity index (χ4n) is 3.47. The van der Waals surface area contributed by atoms with Crippen LogP contribution in [0, 0.1) is 6.92 Å². The normalized spacial score (nSPS) is 11.0. The molecule has 0 spiro atoms. The third-order valence-corrected chi connectivity index (χ3v) is 5.24. The van der Waals surface area contributed by atoms with Crippen molar-refractivity contribution in [2.24, 2.45) is 14.1 Å². The van der Waals surface area contributed by atoms with Gasteiger partial charge in [-0.25, -0.2) is 19.7 Å². The van der Waals surface area contributed by atoms with Gasteiger partial charge < -0.3 is 14.6 Å². The number of aryl methyl sites for hydroxylation is 3. The maximum atomic E-state index is 12.5. The summed E-state index contributed by atoms with van der Waals surface area (Å²) in [4.78, 5) is 49.2. The van der Waals surface area contributed by atoms with E-state index in [1.54, 1.807) is 48.3 Å². The molecule has 4 aromatic rings. The summed E-state index contributed by atoms with van der Waals surface area (Å²) in [6, 6.07) is 7.24. The van der Waals surface area contributed by atoms with Crippen LogP contribution in [-0.4, -0.2) is 34.6 Å². The lowest BCUT2D eigenvalue weighted by atomic mass is 10.2. The highest BCUT2D eigenvalue weighted by atomic mass is 16.5. The molecule has 0 bridgehead atoms. The molecule has 3 heterocycles. The summed E-state index contributed by atoms with van der Waals surface area (Å²) < 4.78 is 9.66. The Morgan fingerprint density at radius 1 is 1.09 bits per heavy atom. The van der Waals surface area contributed by atoms with Crippen LogP contribution < -0.4 is 21.3 Å². The highest BCUT2D eigenvalue weighted by molar-refractivity contribution is 5.91. The lowest BCUT2D eigenvalue weighted by molar-refractivity contribution is -0.116. The summed E-state index contributed by atoms with van der Waals surface area (Å²) >= 11 is 0. The summed E-state index contributed by atoms with van der Waals surface area (Å²) in [6.07, 6.45) is 5.45. The van der Waals surface area contributed by atoms with Crippen LogP contribution in [0.1, 0.15) is 18.4 Å². The van der Waals surface area contributed by atoms with E-state index in [2.05, 4.69) is 20.3 Å². The minimum absolute atomic E-state index is 0.150. The highest BCUT2D eigenvalue weighted by Gasteiger charge is 2.14. The van der Waals surface area contributed by atoms with Crippen LogP contribution in [0.2, 0.25) is 0 Å². The van der Waals surface area contributed by atoms with Crippen LogP contribution in [0.25, 0.3) is 11.2 Å². The van der Waals surface area contributed by atoms with Gasteiger partial charge in [0.05, 0.1) is 6.33 Å². The monoisotopic (exact) mass is 449 g/mol. The number of imidazole rings is 1. The average Bonchev–Trinajstić information content (AvgIpc) is 3.23. The predicted molar refractivity (Wildman–Crippen MR) is 121 cm³/mol. The molecule has 0 aliphatic carbocycles. The quantitative estimate of drug-likeness (QED) is 0.455. The van der Waals surface area contributed by atoms with Crippen molar-refractivity contribution in [3.05, 3.63) is 69.4 Å². The van der Waals surface area contributed by atoms with E-state index in [1.165, 1.54) is 17.9 Å². The number of hydrogen-bond acceptors (Lipinski definition) is 7. The summed E-state index contributed by atoms with van der Waals surface area (Å²) in [5.41, 5.74) is 1.34. The van der Waals surface area contributed by atoms with Gasteiger partial charge in [0.25, 0.3) is 5.56 Å². The number of rotatable bonds is 7. The lowest BCUT2D eigenvalue weighted by Crippen LogP contribution is -2.37. The molecule has 33 heavy (non-hydrogen) atoms. The number of carbonyl (C=O) groups is 1. The second kappa shape index (κ2) is 9.07. The van der Waals surface area contributed by atoms with E-state index in [4.69, 9.17) is 4.74 Å². The Morgan fingerprint density at radius 3 is 2.58 bits per heavy atom. The zero-order valence-corrected chi connectivity index (χ0v) is 18.5. The second-order valence-corrected chi connectivity index (χ2v) is 7.58. The van der Waals surface area contributed by atoms with Crippen molar-refractivity contribution in [1.29, 1.82) is 0 Å². The largest absolute Gasteiger partial charge is 0.424 e. The van der Waals surface area contributed by atoms with Gasteiger partial charge >= 0.3 is 11.7 Å². The summed E-state index contributed by atoms with van der Waals surface area (Å²) in [7, 11) is 3.00. The standard InChI is InChI=1S/C22H23N7O4/c1-14-12-15(33-21-23-9-5-10-24-21)7-8-16(14)26-17(30)6-4-11-29-13-25-19-18(29)20(31)28(3)22(32)27(19)2/h5,7-10,12-13H,4,6,11H2,1-3H3,(H,26,30). The first kappa shape index (κ1) is 21.9. The molecule has 11 nitrogen and oxygen atoms in total. The third-order valence-electron chi connectivity index (χ3n) is 5.24. The van der Waals surface area contributed by atoms with Crippen LogP contribution in [0.15, 0.2) is 52.6 Å². The molecular formula is C22H23N7O4. The Morgan fingerprint density at radius 2 is 1.85 bits per heavy atom. The summed E-state index contributed by atoms with van der Waals surface area (Å²) in [5, 5.41) is 2.89. The van der Waals surface area contributed by atoms with Gasteiger partial charge in [-0.2, -0.15) is 0 Å². The van der Waals surface area contributed by atoms with E-state index in [0.717, 1.165) is 10.1 Å². The number of nitrogens with zero attached hydrogens (tertiary/aromatic N) is 6. The third kappa shape index (κ3) is 4.52. The Labute approximate surface area is 188 Å². The molecule has 0 aliphatic heterocycles. The molecule has 1 N–H and O–H groups in total. The van der Waals surface area contributed by atoms with E-state index in [0.29, 0.717) is 35.6 Å². The molecule has 0 saturated carbocycles. The number of ether oxygens (including phenoxy) is 1. The smallest absolute Gasteiger partial charge is 0.332 e. The molecule has 3 aromatic heterocycles. The van der Waals surface area contributed by atoms with Gasteiger partial charge in [-0.05, 0) is 43.2 Å². The van der Waals surface area contributed by atoms with Gasteiger partial charge in [0.2, 0.25) is 5.91 Å². The van der Waals surface area contributed by atoms with Crippen molar-refractivity contribution in [3.63, 3.8) is 0 Å². The van der Waals surface area contributed by atoms with E-state index in [-0.39, 0.29) is 18.3 Å². The van der Waals surface area contributed by atoms with Crippen LogP contribution >= 0.6 is 0 Å². The first-order chi connectivity index (χ1) is 15.8. The molecule has 0 atom stereocenters. The number of nitrogens with one attached hydrogen (secondary N) is 1. The van der Waals surface area contributed by atoms with Gasteiger partial charge in [0.1, 0.15) is 5.75 Å². The lowest BCUT2D eigenvalue weighted by Gasteiger charge is -2.11. The first-order valence-corrected chi connectivity index (χ1v) is 10.3. The molecule has 4 rings (SSSR count). The van der Waals surface area contributed by atoms with Crippen LogP contribution in [0.3, 0.4) is 0 Å². The Hall–Kier alpha value is -4.28. The highest BCUT2D eigenvalue weighted by Crippen LogP contribution is 2.24.